The van der Waals surface area contributed by atoms with Gasteiger partial charge in [-0.15, -0.1) is 0 Å². The topological polar surface area (TPSA) is 87.5 Å². The van der Waals surface area contributed by atoms with Crippen LogP contribution in [0.5, 0.6) is 0 Å². The maximum Gasteiger partial charge on any atom is 0.256 e. The minimum absolute atomic E-state index is 0.0477. The second-order valence-corrected chi connectivity index (χ2v) is 7.75. The third-order valence-electron chi connectivity index (χ3n) is 5.49. The number of rotatable bonds is 4. The first-order chi connectivity index (χ1) is 14.3. The fourth-order valence-corrected chi connectivity index (χ4v) is 3.85. The molecule has 1 aromatic heterocycles. The molecule has 8 heteroatoms. The van der Waals surface area contributed by atoms with Crippen LogP contribution < -0.4 is 5.32 Å². The van der Waals surface area contributed by atoms with Crippen LogP contribution in [0.15, 0.2) is 48.7 Å². The van der Waals surface area contributed by atoms with Crippen molar-refractivity contribution in [2.24, 2.45) is 0 Å². The van der Waals surface area contributed by atoms with E-state index in [1.54, 1.807) is 34.0 Å². The second kappa shape index (κ2) is 7.87. The van der Waals surface area contributed by atoms with Crippen LogP contribution >= 0.6 is 0 Å². The van der Waals surface area contributed by atoms with E-state index in [-0.39, 0.29) is 23.9 Å². The van der Waals surface area contributed by atoms with Crippen molar-refractivity contribution in [1.29, 1.82) is 0 Å². The number of carbonyl (C=O) groups is 2. The van der Waals surface area contributed by atoms with Gasteiger partial charge in [-0.2, -0.15) is 5.10 Å². The van der Waals surface area contributed by atoms with Crippen molar-refractivity contribution in [2.75, 3.05) is 18.4 Å². The maximum absolute atomic E-state index is 13.9. The molecule has 1 aliphatic heterocycles. The Bertz CT molecular complexity index is 1100. The van der Waals surface area contributed by atoms with Gasteiger partial charge in [0.1, 0.15) is 5.82 Å². The van der Waals surface area contributed by atoms with Gasteiger partial charge in [0, 0.05) is 31.1 Å². The molecule has 156 valence electrons. The molecule has 30 heavy (non-hydrogen) atoms. The third-order valence-corrected chi connectivity index (χ3v) is 5.49. The van der Waals surface area contributed by atoms with Crippen molar-refractivity contribution in [3.05, 3.63) is 60.0 Å². The van der Waals surface area contributed by atoms with Crippen LogP contribution in [0, 0.1) is 5.82 Å². The molecule has 7 nitrogen and oxygen atoms in total. The fraction of sp³-hybridized carbons (Fsp3) is 0.318. The van der Waals surface area contributed by atoms with E-state index in [1.165, 1.54) is 19.1 Å². The molecule has 2 aromatic carbocycles. The molecular formula is C22H23FN4O3. The Morgan fingerprint density at radius 3 is 2.63 bits per heavy atom. The van der Waals surface area contributed by atoms with E-state index in [2.05, 4.69) is 10.4 Å². The number of piperidine rings is 1. The van der Waals surface area contributed by atoms with Gasteiger partial charge in [-0.05, 0) is 43.2 Å². The highest BCUT2D eigenvalue weighted by Crippen LogP contribution is 2.28. The average Bonchev–Trinajstić information content (AvgIpc) is 3.09. The predicted octanol–water partition coefficient (Wildman–Crippen LogP) is 2.80. The van der Waals surface area contributed by atoms with Crippen LogP contribution in [-0.2, 0) is 11.3 Å². The molecule has 2 heterocycles. The zero-order valence-electron chi connectivity index (χ0n) is 16.6. The molecule has 1 fully saturated rings. The van der Waals surface area contributed by atoms with Gasteiger partial charge in [0.05, 0.1) is 29.4 Å². The summed E-state index contributed by atoms with van der Waals surface area (Å²) < 4.78 is 15.6. The van der Waals surface area contributed by atoms with Crippen LogP contribution in [0.3, 0.4) is 0 Å². The lowest BCUT2D eigenvalue weighted by Crippen LogP contribution is -2.48. The molecule has 0 saturated carbocycles. The SMILES string of the molecule is CC(=O)Nc1ccc2cnn(CC3(O)CCN(C(=O)c4ccccc4F)CC3)c2c1. The van der Waals surface area contributed by atoms with Crippen LogP contribution in [-0.4, -0.2) is 50.3 Å². The van der Waals surface area contributed by atoms with E-state index in [9.17, 15) is 19.1 Å². The number of carbonyl (C=O) groups excluding carboxylic acids is 2. The molecule has 4 rings (SSSR count). The molecule has 1 aliphatic rings. The standard InChI is InChI=1S/C22H23FN4O3/c1-15(28)25-17-7-6-16-13-24-27(20(16)12-17)14-22(30)8-10-26(11-9-22)21(29)18-4-2-3-5-19(18)23/h2-7,12-13,30H,8-11,14H2,1H3,(H,25,28). The van der Waals surface area contributed by atoms with Gasteiger partial charge in [0.15, 0.2) is 0 Å². The van der Waals surface area contributed by atoms with Crippen LogP contribution in [0.4, 0.5) is 10.1 Å². The highest BCUT2D eigenvalue weighted by atomic mass is 19.1. The Morgan fingerprint density at radius 1 is 1.20 bits per heavy atom. The molecule has 2 N–H and O–H groups in total. The molecule has 0 aliphatic carbocycles. The zero-order chi connectivity index (χ0) is 21.3. The number of likely N-dealkylation sites (tertiary alicyclic amines) is 1. The van der Waals surface area contributed by atoms with Crippen LogP contribution in [0.25, 0.3) is 10.9 Å². The summed E-state index contributed by atoms with van der Waals surface area (Å²) in [5.74, 6) is -1.06. The van der Waals surface area contributed by atoms with Crippen molar-refractivity contribution in [3.8, 4) is 0 Å². The normalized spacial score (nSPS) is 15.9. The number of fused-ring (bicyclic) bond motifs is 1. The minimum Gasteiger partial charge on any atom is -0.388 e. The summed E-state index contributed by atoms with van der Waals surface area (Å²) in [6.07, 6.45) is 2.44. The minimum atomic E-state index is -1.03. The number of hydrogen-bond acceptors (Lipinski definition) is 4. The maximum atomic E-state index is 13.9. The largest absolute Gasteiger partial charge is 0.388 e. The van der Waals surface area contributed by atoms with E-state index >= 15 is 0 Å². The highest BCUT2D eigenvalue weighted by molar-refractivity contribution is 5.94. The number of halogens is 1. The molecule has 0 atom stereocenters. The average molecular weight is 410 g/mol. The van der Waals surface area contributed by atoms with Crippen molar-refractivity contribution in [3.63, 3.8) is 0 Å². The summed E-state index contributed by atoms with van der Waals surface area (Å²) in [5.41, 5.74) is 0.481. The van der Waals surface area contributed by atoms with E-state index in [1.807, 2.05) is 12.1 Å². The summed E-state index contributed by atoms with van der Waals surface area (Å²) in [4.78, 5) is 25.5. The zero-order valence-corrected chi connectivity index (χ0v) is 16.6. The molecule has 3 aromatic rings. The lowest BCUT2D eigenvalue weighted by molar-refractivity contribution is -0.114. The number of hydrogen-bond donors (Lipinski definition) is 2. The highest BCUT2D eigenvalue weighted by Gasteiger charge is 2.35. The third kappa shape index (κ3) is 4.04. The molecule has 1 saturated heterocycles. The Kier molecular flexibility index (Phi) is 5.26. The van der Waals surface area contributed by atoms with Crippen molar-refractivity contribution in [2.45, 2.75) is 31.9 Å². The van der Waals surface area contributed by atoms with Crippen molar-refractivity contribution < 1.29 is 19.1 Å². The predicted molar refractivity (Wildman–Crippen MR) is 111 cm³/mol. The molecule has 0 unspecified atom stereocenters. The number of aromatic nitrogens is 2. The van der Waals surface area contributed by atoms with Gasteiger partial charge < -0.3 is 15.3 Å². The van der Waals surface area contributed by atoms with Gasteiger partial charge in [-0.1, -0.05) is 12.1 Å². The molecule has 0 bridgehead atoms. The molecule has 0 spiro atoms. The summed E-state index contributed by atoms with van der Waals surface area (Å²) in [5, 5.41) is 19.1. The van der Waals surface area contributed by atoms with Gasteiger partial charge in [-0.25, -0.2) is 4.39 Å². The lowest BCUT2D eigenvalue weighted by atomic mass is 9.91. The van der Waals surface area contributed by atoms with Crippen molar-refractivity contribution >= 4 is 28.4 Å². The number of nitrogens with one attached hydrogen (secondary N) is 1. The first-order valence-corrected chi connectivity index (χ1v) is 9.84. The Labute approximate surface area is 173 Å². The Hall–Kier alpha value is -3.26. The first-order valence-electron chi connectivity index (χ1n) is 9.84. The summed E-state index contributed by atoms with van der Waals surface area (Å²) >= 11 is 0. The first kappa shape index (κ1) is 20.0. The Balaban J connectivity index is 1.47. The number of aliphatic hydroxyl groups is 1. The van der Waals surface area contributed by atoms with E-state index in [4.69, 9.17) is 0 Å². The van der Waals surface area contributed by atoms with Crippen molar-refractivity contribution in [1.82, 2.24) is 14.7 Å². The monoisotopic (exact) mass is 410 g/mol. The quantitative estimate of drug-likeness (QED) is 0.692. The number of amides is 2. The summed E-state index contributed by atoms with van der Waals surface area (Å²) in [6, 6.07) is 11.4. The van der Waals surface area contributed by atoms with E-state index < -0.39 is 11.4 Å². The fourth-order valence-electron chi connectivity index (χ4n) is 3.85. The summed E-state index contributed by atoms with van der Waals surface area (Å²) in [7, 11) is 0. The van der Waals surface area contributed by atoms with Gasteiger partial charge in [0.2, 0.25) is 5.91 Å². The van der Waals surface area contributed by atoms with Crippen LogP contribution in [0.1, 0.15) is 30.1 Å². The summed E-state index contributed by atoms with van der Waals surface area (Å²) in [6.45, 7) is 2.38. The number of benzene rings is 2. The Morgan fingerprint density at radius 2 is 1.93 bits per heavy atom. The van der Waals surface area contributed by atoms with Gasteiger partial charge in [0.25, 0.3) is 5.91 Å². The molecule has 0 radical (unpaired) electrons. The molecule has 2 amide bonds. The van der Waals surface area contributed by atoms with E-state index in [0.717, 1.165) is 10.9 Å². The van der Waals surface area contributed by atoms with E-state index in [0.29, 0.717) is 31.6 Å². The van der Waals surface area contributed by atoms with Gasteiger partial charge in [-0.3, -0.25) is 14.3 Å². The molecular weight excluding hydrogens is 387 g/mol. The second-order valence-electron chi connectivity index (χ2n) is 7.75. The smallest absolute Gasteiger partial charge is 0.256 e. The number of anilines is 1. The van der Waals surface area contributed by atoms with Crippen LogP contribution in [0.2, 0.25) is 0 Å². The number of nitrogens with zero attached hydrogens (tertiary/aromatic N) is 3. The lowest BCUT2D eigenvalue weighted by Gasteiger charge is -2.38. The van der Waals surface area contributed by atoms with Gasteiger partial charge >= 0.3 is 0 Å².